The zero-order valence-corrected chi connectivity index (χ0v) is 9.69. The molecule has 2 nitrogen and oxygen atoms in total. The SMILES string of the molecule is N#Cc1cc(F)ccc1NC1CCCSC1. The van der Waals surface area contributed by atoms with Crippen LogP contribution in [0.25, 0.3) is 0 Å². The van der Waals surface area contributed by atoms with Crippen LogP contribution in [0.1, 0.15) is 18.4 Å². The number of halogens is 1. The average Bonchev–Trinajstić information content (AvgIpc) is 2.33. The minimum absolute atomic E-state index is 0.361. The summed E-state index contributed by atoms with van der Waals surface area (Å²) in [7, 11) is 0. The summed E-state index contributed by atoms with van der Waals surface area (Å²) >= 11 is 1.92. The summed E-state index contributed by atoms with van der Waals surface area (Å²) in [6.07, 6.45) is 2.32. The molecule has 0 saturated carbocycles. The Kier molecular flexibility index (Phi) is 3.68. The smallest absolute Gasteiger partial charge is 0.124 e. The summed E-state index contributed by atoms with van der Waals surface area (Å²) < 4.78 is 12.9. The van der Waals surface area contributed by atoms with Gasteiger partial charge in [0.1, 0.15) is 11.9 Å². The van der Waals surface area contributed by atoms with Gasteiger partial charge < -0.3 is 5.32 Å². The number of anilines is 1. The number of nitrogens with zero attached hydrogens (tertiary/aromatic N) is 1. The standard InChI is InChI=1S/C12H13FN2S/c13-10-3-4-12(9(6-10)7-14)15-11-2-1-5-16-8-11/h3-4,6,11,15H,1-2,5,8H2. The van der Waals surface area contributed by atoms with Gasteiger partial charge in [-0.25, -0.2) is 4.39 Å². The highest BCUT2D eigenvalue weighted by molar-refractivity contribution is 7.99. The van der Waals surface area contributed by atoms with Gasteiger partial charge in [0.25, 0.3) is 0 Å². The van der Waals surface area contributed by atoms with E-state index in [1.165, 1.54) is 24.3 Å². The first kappa shape index (κ1) is 11.3. The largest absolute Gasteiger partial charge is 0.380 e. The maximum Gasteiger partial charge on any atom is 0.124 e. The molecule has 2 rings (SSSR count). The Morgan fingerprint density at radius 3 is 3.06 bits per heavy atom. The highest BCUT2D eigenvalue weighted by Crippen LogP contribution is 2.23. The fourth-order valence-electron chi connectivity index (χ4n) is 1.81. The summed E-state index contributed by atoms with van der Waals surface area (Å²) in [6.45, 7) is 0. The van der Waals surface area contributed by atoms with Gasteiger partial charge in [0.2, 0.25) is 0 Å². The number of hydrogen-bond acceptors (Lipinski definition) is 3. The van der Waals surface area contributed by atoms with Crippen LogP contribution in [0.4, 0.5) is 10.1 Å². The molecule has 1 fully saturated rings. The number of nitrogens with one attached hydrogen (secondary N) is 1. The lowest BCUT2D eigenvalue weighted by Crippen LogP contribution is -2.26. The number of rotatable bonds is 2. The van der Waals surface area contributed by atoms with Crippen molar-refractivity contribution in [3.8, 4) is 6.07 Å². The third-order valence-corrected chi connectivity index (χ3v) is 3.84. The van der Waals surface area contributed by atoms with E-state index in [0.29, 0.717) is 11.6 Å². The number of hydrogen-bond donors (Lipinski definition) is 1. The van der Waals surface area contributed by atoms with Crippen LogP contribution in [0.2, 0.25) is 0 Å². The van der Waals surface area contributed by atoms with E-state index in [-0.39, 0.29) is 5.82 Å². The van der Waals surface area contributed by atoms with Gasteiger partial charge in [-0.05, 0) is 36.8 Å². The molecule has 1 aliphatic rings. The number of thioether (sulfide) groups is 1. The third-order valence-electron chi connectivity index (χ3n) is 2.62. The van der Waals surface area contributed by atoms with Crippen molar-refractivity contribution in [2.75, 3.05) is 16.8 Å². The maximum atomic E-state index is 12.9. The van der Waals surface area contributed by atoms with Crippen molar-refractivity contribution in [2.24, 2.45) is 0 Å². The quantitative estimate of drug-likeness (QED) is 0.857. The molecule has 0 spiro atoms. The monoisotopic (exact) mass is 236 g/mol. The van der Waals surface area contributed by atoms with Crippen LogP contribution in [-0.4, -0.2) is 17.5 Å². The van der Waals surface area contributed by atoms with Crippen molar-refractivity contribution < 1.29 is 4.39 Å². The van der Waals surface area contributed by atoms with Crippen LogP contribution in [0.5, 0.6) is 0 Å². The van der Waals surface area contributed by atoms with Crippen LogP contribution in [0.15, 0.2) is 18.2 Å². The molecule has 16 heavy (non-hydrogen) atoms. The molecule has 0 amide bonds. The lowest BCUT2D eigenvalue weighted by molar-refractivity contribution is 0.627. The fraction of sp³-hybridized carbons (Fsp3) is 0.417. The molecule has 1 aromatic rings. The third kappa shape index (κ3) is 2.67. The van der Waals surface area contributed by atoms with E-state index >= 15 is 0 Å². The van der Waals surface area contributed by atoms with Gasteiger partial charge >= 0.3 is 0 Å². The lowest BCUT2D eigenvalue weighted by Gasteiger charge is -2.23. The molecule has 0 aromatic heterocycles. The molecule has 1 saturated heterocycles. The van der Waals surface area contributed by atoms with Gasteiger partial charge in [-0.15, -0.1) is 0 Å². The van der Waals surface area contributed by atoms with Gasteiger partial charge in [0.05, 0.1) is 11.3 Å². The van der Waals surface area contributed by atoms with Crippen molar-refractivity contribution in [3.63, 3.8) is 0 Å². The Balaban J connectivity index is 2.11. The molecule has 1 heterocycles. The molecule has 0 aliphatic carbocycles. The van der Waals surface area contributed by atoms with Gasteiger partial charge in [-0.1, -0.05) is 0 Å². The van der Waals surface area contributed by atoms with Crippen molar-refractivity contribution in [1.82, 2.24) is 0 Å². The molecule has 1 atom stereocenters. The number of nitriles is 1. The average molecular weight is 236 g/mol. The van der Waals surface area contributed by atoms with Gasteiger partial charge in [0, 0.05) is 11.8 Å². The van der Waals surface area contributed by atoms with Crippen molar-refractivity contribution >= 4 is 17.4 Å². The van der Waals surface area contributed by atoms with E-state index in [0.717, 1.165) is 17.9 Å². The van der Waals surface area contributed by atoms with Crippen molar-refractivity contribution in [2.45, 2.75) is 18.9 Å². The number of benzene rings is 1. The van der Waals surface area contributed by atoms with E-state index < -0.39 is 0 Å². The Bertz CT molecular complexity index is 408. The Labute approximate surface area is 98.8 Å². The topological polar surface area (TPSA) is 35.8 Å². The second-order valence-electron chi connectivity index (χ2n) is 3.86. The van der Waals surface area contributed by atoms with E-state index in [2.05, 4.69) is 5.32 Å². The maximum absolute atomic E-state index is 12.9. The van der Waals surface area contributed by atoms with Crippen LogP contribution >= 0.6 is 11.8 Å². The van der Waals surface area contributed by atoms with Crippen LogP contribution < -0.4 is 5.32 Å². The first-order valence-corrected chi connectivity index (χ1v) is 6.49. The Hall–Kier alpha value is -1.21. The lowest BCUT2D eigenvalue weighted by atomic mass is 10.1. The van der Waals surface area contributed by atoms with Gasteiger partial charge in [-0.3, -0.25) is 0 Å². The first-order chi connectivity index (χ1) is 7.79. The first-order valence-electron chi connectivity index (χ1n) is 5.33. The summed E-state index contributed by atoms with van der Waals surface area (Å²) in [4.78, 5) is 0. The molecular weight excluding hydrogens is 223 g/mol. The van der Waals surface area contributed by atoms with E-state index in [1.807, 2.05) is 17.8 Å². The van der Waals surface area contributed by atoms with Gasteiger partial charge in [-0.2, -0.15) is 17.0 Å². The molecular formula is C12H13FN2S. The molecule has 0 radical (unpaired) electrons. The van der Waals surface area contributed by atoms with Crippen molar-refractivity contribution in [3.05, 3.63) is 29.6 Å². The zero-order valence-electron chi connectivity index (χ0n) is 8.87. The highest BCUT2D eigenvalue weighted by atomic mass is 32.2. The summed E-state index contributed by atoms with van der Waals surface area (Å²) in [5, 5.41) is 12.2. The minimum Gasteiger partial charge on any atom is -0.380 e. The summed E-state index contributed by atoms with van der Waals surface area (Å²) in [5.74, 6) is 1.91. The second-order valence-corrected chi connectivity index (χ2v) is 5.01. The molecule has 1 N–H and O–H groups in total. The van der Waals surface area contributed by atoms with Crippen LogP contribution in [-0.2, 0) is 0 Å². The molecule has 1 aromatic carbocycles. The minimum atomic E-state index is -0.361. The molecule has 0 bridgehead atoms. The predicted octanol–water partition coefficient (Wildman–Crippen LogP) is 3.00. The molecule has 1 unspecified atom stereocenters. The molecule has 84 valence electrons. The predicted molar refractivity (Wildman–Crippen MR) is 65.1 cm³/mol. The van der Waals surface area contributed by atoms with Crippen LogP contribution in [0.3, 0.4) is 0 Å². The van der Waals surface area contributed by atoms with Crippen LogP contribution in [0, 0.1) is 17.1 Å². The Morgan fingerprint density at radius 1 is 1.50 bits per heavy atom. The van der Waals surface area contributed by atoms with Gasteiger partial charge in [0.15, 0.2) is 0 Å². The zero-order chi connectivity index (χ0) is 11.4. The second kappa shape index (κ2) is 5.22. The van der Waals surface area contributed by atoms with Crippen molar-refractivity contribution in [1.29, 1.82) is 5.26 Å². The molecule has 4 heteroatoms. The van der Waals surface area contributed by atoms with E-state index in [1.54, 1.807) is 6.07 Å². The summed E-state index contributed by atoms with van der Waals surface area (Å²) in [5.41, 5.74) is 1.13. The van der Waals surface area contributed by atoms with E-state index in [4.69, 9.17) is 5.26 Å². The normalized spacial score (nSPS) is 20.1. The molecule has 1 aliphatic heterocycles. The van der Waals surface area contributed by atoms with E-state index in [9.17, 15) is 4.39 Å². The summed E-state index contributed by atoms with van der Waals surface area (Å²) in [6, 6.07) is 6.73. The highest BCUT2D eigenvalue weighted by Gasteiger charge is 2.14. The Morgan fingerprint density at radius 2 is 2.38 bits per heavy atom. The fourth-order valence-corrected chi connectivity index (χ4v) is 2.88.